The molecule has 1 atom stereocenters. The summed E-state index contributed by atoms with van der Waals surface area (Å²) >= 11 is 0. The molecule has 2 rings (SSSR count). The lowest BCUT2D eigenvalue weighted by molar-refractivity contribution is -0.122. The lowest BCUT2D eigenvalue weighted by Crippen LogP contribution is -2.59. The summed E-state index contributed by atoms with van der Waals surface area (Å²) in [6.07, 6.45) is -0.254. The van der Waals surface area contributed by atoms with Gasteiger partial charge in [-0.2, -0.15) is 0 Å². The van der Waals surface area contributed by atoms with Crippen molar-refractivity contribution in [2.45, 2.75) is 45.8 Å². The van der Waals surface area contributed by atoms with E-state index in [1.807, 2.05) is 13.0 Å². The number of aryl methyl sites for hydroxylation is 1. The highest BCUT2D eigenvalue weighted by molar-refractivity contribution is 5.97. The van der Waals surface area contributed by atoms with E-state index in [0.29, 0.717) is 17.9 Å². The largest absolute Gasteiger partial charge is 0.491 e. The van der Waals surface area contributed by atoms with E-state index in [0.717, 1.165) is 5.56 Å². The molecular formula is C20H29FN2O5. The Balaban J connectivity index is 2.24. The normalized spacial score (nSPS) is 17.6. The van der Waals surface area contributed by atoms with E-state index in [1.54, 1.807) is 37.8 Å². The SMILES string of the molecule is Cc1cc(OCCF)cc(N2C[C@H](CCO)N(C(=O)OC(C)(C)C)CC2=O)c1. The number of ether oxygens (including phenoxy) is 2. The molecule has 0 bridgehead atoms. The van der Waals surface area contributed by atoms with Gasteiger partial charge in [0, 0.05) is 24.9 Å². The van der Waals surface area contributed by atoms with Crippen LogP contribution in [0.5, 0.6) is 5.75 Å². The summed E-state index contributed by atoms with van der Waals surface area (Å²) < 4.78 is 23.2. The molecule has 1 aromatic carbocycles. The van der Waals surface area contributed by atoms with E-state index in [2.05, 4.69) is 0 Å². The number of anilines is 1. The van der Waals surface area contributed by atoms with Crippen molar-refractivity contribution in [1.82, 2.24) is 4.90 Å². The van der Waals surface area contributed by atoms with Crippen molar-refractivity contribution in [2.24, 2.45) is 0 Å². The maximum absolute atomic E-state index is 12.8. The second kappa shape index (κ2) is 9.23. The Hall–Kier alpha value is -2.35. The second-order valence-electron chi connectivity index (χ2n) is 7.82. The predicted molar refractivity (Wildman–Crippen MR) is 103 cm³/mol. The average Bonchev–Trinajstić information content (AvgIpc) is 2.59. The first-order valence-electron chi connectivity index (χ1n) is 9.36. The predicted octanol–water partition coefficient (Wildman–Crippen LogP) is 2.68. The average molecular weight is 396 g/mol. The van der Waals surface area contributed by atoms with Crippen molar-refractivity contribution in [3.8, 4) is 5.75 Å². The van der Waals surface area contributed by atoms with Crippen LogP contribution in [0, 0.1) is 6.92 Å². The number of nitrogens with zero attached hydrogens (tertiary/aromatic N) is 2. The number of aliphatic hydroxyl groups excluding tert-OH is 1. The Bertz CT molecular complexity index is 704. The van der Waals surface area contributed by atoms with E-state index in [-0.39, 0.29) is 38.3 Å². The highest BCUT2D eigenvalue weighted by Crippen LogP contribution is 2.28. The van der Waals surface area contributed by atoms with Gasteiger partial charge >= 0.3 is 6.09 Å². The fraction of sp³-hybridized carbons (Fsp3) is 0.600. The summed E-state index contributed by atoms with van der Waals surface area (Å²) in [5.74, 6) is 0.218. The van der Waals surface area contributed by atoms with Crippen molar-refractivity contribution in [2.75, 3.05) is 37.9 Å². The smallest absolute Gasteiger partial charge is 0.411 e. The van der Waals surface area contributed by atoms with Gasteiger partial charge in [0.15, 0.2) is 0 Å². The molecule has 2 amide bonds. The van der Waals surface area contributed by atoms with Crippen LogP contribution in [-0.2, 0) is 9.53 Å². The zero-order valence-electron chi connectivity index (χ0n) is 16.9. The molecule has 156 valence electrons. The molecule has 8 heteroatoms. The number of carbonyl (C=O) groups excluding carboxylic acids is 2. The Labute approximate surface area is 165 Å². The van der Waals surface area contributed by atoms with Gasteiger partial charge in [-0.25, -0.2) is 9.18 Å². The van der Waals surface area contributed by atoms with E-state index in [9.17, 15) is 19.1 Å². The number of carbonyl (C=O) groups is 2. The van der Waals surface area contributed by atoms with Crippen molar-refractivity contribution in [3.05, 3.63) is 23.8 Å². The molecule has 1 saturated heterocycles. The van der Waals surface area contributed by atoms with Gasteiger partial charge in [0.2, 0.25) is 5.91 Å². The molecule has 0 radical (unpaired) electrons. The molecule has 0 saturated carbocycles. The first-order valence-corrected chi connectivity index (χ1v) is 9.36. The van der Waals surface area contributed by atoms with Gasteiger partial charge in [-0.15, -0.1) is 0 Å². The molecule has 0 spiro atoms. The standard InChI is InChI=1S/C20H29FN2O5/c1-14-9-16(11-17(10-14)27-8-6-21)22-12-15(5-7-24)23(13-18(22)25)19(26)28-20(2,3)4/h9-11,15,24H,5-8,12-13H2,1-4H3/t15-/m0/s1. The highest BCUT2D eigenvalue weighted by Gasteiger charge is 2.37. The number of rotatable bonds is 6. The maximum atomic E-state index is 12.8. The Kier molecular flexibility index (Phi) is 7.23. The minimum absolute atomic E-state index is 0.0591. The minimum Gasteiger partial charge on any atom is -0.491 e. The summed E-state index contributed by atoms with van der Waals surface area (Å²) in [6, 6.07) is 4.90. The number of halogens is 1. The quantitative estimate of drug-likeness (QED) is 0.800. The van der Waals surface area contributed by atoms with Crippen LogP contribution in [0.4, 0.5) is 14.9 Å². The number of hydrogen-bond donors (Lipinski definition) is 1. The molecule has 1 aromatic rings. The molecule has 28 heavy (non-hydrogen) atoms. The number of aliphatic hydroxyl groups is 1. The number of piperazine rings is 1. The Morgan fingerprint density at radius 2 is 2.04 bits per heavy atom. The van der Waals surface area contributed by atoms with Gasteiger partial charge in [-0.05, 0) is 51.8 Å². The van der Waals surface area contributed by atoms with Crippen LogP contribution in [0.15, 0.2) is 18.2 Å². The van der Waals surface area contributed by atoms with Crippen LogP contribution in [0.25, 0.3) is 0 Å². The fourth-order valence-corrected chi connectivity index (χ4v) is 3.08. The minimum atomic E-state index is -0.680. The van der Waals surface area contributed by atoms with Gasteiger partial charge in [0.1, 0.15) is 31.2 Å². The van der Waals surface area contributed by atoms with E-state index < -0.39 is 18.4 Å². The van der Waals surface area contributed by atoms with Crippen molar-refractivity contribution < 1.29 is 28.6 Å². The number of hydrogen-bond acceptors (Lipinski definition) is 5. The molecule has 0 unspecified atom stereocenters. The topological polar surface area (TPSA) is 79.3 Å². The molecule has 0 aromatic heterocycles. The van der Waals surface area contributed by atoms with E-state index in [1.165, 1.54) is 4.90 Å². The van der Waals surface area contributed by atoms with Crippen LogP contribution in [0.2, 0.25) is 0 Å². The van der Waals surface area contributed by atoms with Crippen LogP contribution in [0.1, 0.15) is 32.8 Å². The third-order valence-corrected chi connectivity index (χ3v) is 4.22. The first kappa shape index (κ1) is 21.9. The second-order valence-corrected chi connectivity index (χ2v) is 7.82. The van der Waals surface area contributed by atoms with Crippen LogP contribution < -0.4 is 9.64 Å². The van der Waals surface area contributed by atoms with Crippen molar-refractivity contribution >= 4 is 17.7 Å². The number of benzene rings is 1. The van der Waals surface area contributed by atoms with Crippen LogP contribution in [-0.4, -0.2) is 66.6 Å². The molecule has 1 aliphatic rings. The van der Waals surface area contributed by atoms with Gasteiger partial charge in [0.25, 0.3) is 0 Å². The zero-order valence-corrected chi connectivity index (χ0v) is 16.9. The highest BCUT2D eigenvalue weighted by atomic mass is 19.1. The van der Waals surface area contributed by atoms with E-state index >= 15 is 0 Å². The van der Waals surface area contributed by atoms with Crippen molar-refractivity contribution in [1.29, 1.82) is 0 Å². The summed E-state index contributed by atoms with van der Waals surface area (Å²) in [4.78, 5) is 28.2. The zero-order chi connectivity index (χ0) is 20.9. The molecule has 7 nitrogen and oxygen atoms in total. The molecule has 1 fully saturated rings. The lowest BCUT2D eigenvalue weighted by Gasteiger charge is -2.41. The van der Waals surface area contributed by atoms with E-state index in [4.69, 9.17) is 9.47 Å². The third-order valence-electron chi connectivity index (χ3n) is 4.22. The summed E-state index contributed by atoms with van der Waals surface area (Å²) in [5.41, 5.74) is 0.804. The van der Waals surface area contributed by atoms with Crippen molar-refractivity contribution in [3.63, 3.8) is 0 Å². The monoisotopic (exact) mass is 396 g/mol. The molecule has 0 aliphatic carbocycles. The maximum Gasteiger partial charge on any atom is 0.411 e. The van der Waals surface area contributed by atoms with Gasteiger partial charge < -0.3 is 19.5 Å². The Morgan fingerprint density at radius 1 is 1.32 bits per heavy atom. The molecule has 1 heterocycles. The first-order chi connectivity index (χ1) is 13.1. The lowest BCUT2D eigenvalue weighted by atomic mass is 10.1. The summed E-state index contributed by atoms with van der Waals surface area (Å²) in [7, 11) is 0. The number of alkyl halides is 1. The van der Waals surface area contributed by atoms with Crippen LogP contribution >= 0.6 is 0 Å². The summed E-state index contributed by atoms with van der Waals surface area (Å²) in [6.45, 7) is 6.44. The van der Waals surface area contributed by atoms with Gasteiger partial charge in [-0.3, -0.25) is 9.69 Å². The number of amides is 2. The third kappa shape index (κ3) is 5.82. The van der Waals surface area contributed by atoms with Gasteiger partial charge in [-0.1, -0.05) is 0 Å². The molecular weight excluding hydrogens is 367 g/mol. The van der Waals surface area contributed by atoms with Gasteiger partial charge in [0.05, 0.1) is 6.04 Å². The molecule has 1 N–H and O–H groups in total. The fourth-order valence-electron chi connectivity index (χ4n) is 3.08. The van der Waals surface area contributed by atoms with Crippen LogP contribution in [0.3, 0.4) is 0 Å². The molecule has 1 aliphatic heterocycles. The summed E-state index contributed by atoms with van der Waals surface area (Å²) in [5, 5.41) is 9.42. The Morgan fingerprint density at radius 3 is 2.64 bits per heavy atom.